The van der Waals surface area contributed by atoms with Crippen LogP contribution in [0.3, 0.4) is 0 Å². The highest BCUT2D eigenvalue weighted by molar-refractivity contribution is 9.10. The first-order valence-corrected chi connectivity index (χ1v) is 11.2. The fraction of sp³-hybridized carbons (Fsp3) is 0.300. The molecule has 0 saturated heterocycles. The predicted octanol–water partition coefficient (Wildman–Crippen LogP) is 3.17. The SMILES string of the molecule is COC(=O)CC(NC(=O)c1ccc(S(=O)(=O)NC(C)C)cc1)c1ccc(Br)cc1. The lowest BCUT2D eigenvalue weighted by molar-refractivity contribution is -0.141. The molecule has 1 amide bonds. The summed E-state index contributed by atoms with van der Waals surface area (Å²) in [7, 11) is -2.35. The highest BCUT2D eigenvalue weighted by Crippen LogP contribution is 2.21. The smallest absolute Gasteiger partial charge is 0.307 e. The number of hydrogen-bond donors (Lipinski definition) is 2. The van der Waals surface area contributed by atoms with E-state index in [1.165, 1.54) is 31.4 Å². The number of esters is 1. The zero-order valence-corrected chi connectivity index (χ0v) is 18.7. The van der Waals surface area contributed by atoms with Crippen molar-refractivity contribution in [2.45, 2.75) is 37.2 Å². The highest BCUT2D eigenvalue weighted by atomic mass is 79.9. The number of nitrogens with one attached hydrogen (secondary N) is 2. The van der Waals surface area contributed by atoms with Gasteiger partial charge in [0.15, 0.2) is 0 Å². The van der Waals surface area contributed by atoms with Crippen LogP contribution in [-0.2, 0) is 19.6 Å². The van der Waals surface area contributed by atoms with Gasteiger partial charge in [0, 0.05) is 16.1 Å². The molecule has 0 aliphatic carbocycles. The van der Waals surface area contributed by atoms with Gasteiger partial charge in [-0.25, -0.2) is 13.1 Å². The van der Waals surface area contributed by atoms with Crippen LogP contribution in [0.4, 0.5) is 0 Å². The lowest BCUT2D eigenvalue weighted by atomic mass is 10.0. The Labute approximate surface area is 179 Å². The summed E-state index contributed by atoms with van der Waals surface area (Å²) >= 11 is 3.35. The molecule has 0 spiro atoms. The summed E-state index contributed by atoms with van der Waals surface area (Å²) in [6.07, 6.45) is -0.0331. The van der Waals surface area contributed by atoms with E-state index in [4.69, 9.17) is 4.74 Å². The van der Waals surface area contributed by atoms with Gasteiger partial charge in [-0.05, 0) is 55.8 Å². The number of carbonyl (C=O) groups is 2. The van der Waals surface area contributed by atoms with Crippen molar-refractivity contribution in [1.82, 2.24) is 10.0 Å². The fourth-order valence-electron chi connectivity index (χ4n) is 2.60. The van der Waals surface area contributed by atoms with Crippen molar-refractivity contribution in [2.24, 2.45) is 0 Å². The van der Waals surface area contributed by atoms with Crippen molar-refractivity contribution in [2.75, 3.05) is 7.11 Å². The summed E-state index contributed by atoms with van der Waals surface area (Å²) in [5, 5.41) is 2.80. The van der Waals surface area contributed by atoms with E-state index in [2.05, 4.69) is 26.0 Å². The first-order chi connectivity index (χ1) is 13.6. The zero-order chi connectivity index (χ0) is 21.6. The van der Waals surface area contributed by atoms with Crippen LogP contribution < -0.4 is 10.0 Å². The number of rotatable bonds is 8. The number of ether oxygens (including phenoxy) is 1. The summed E-state index contributed by atoms with van der Waals surface area (Å²) < 4.78 is 32.5. The van der Waals surface area contributed by atoms with E-state index in [0.717, 1.165) is 10.0 Å². The summed E-state index contributed by atoms with van der Waals surface area (Å²) in [4.78, 5) is 24.5. The summed E-state index contributed by atoms with van der Waals surface area (Å²) in [6.45, 7) is 3.45. The van der Waals surface area contributed by atoms with Crippen molar-refractivity contribution >= 4 is 37.8 Å². The van der Waals surface area contributed by atoms with Crippen LogP contribution in [0.1, 0.15) is 42.2 Å². The van der Waals surface area contributed by atoms with Gasteiger partial charge < -0.3 is 10.1 Å². The average molecular weight is 483 g/mol. The lowest BCUT2D eigenvalue weighted by Crippen LogP contribution is -2.31. The minimum Gasteiger partial charge on any atom is -0.469 e. The Morgan fingerprint density at radius 3 is 2.14 bits per heavy atom. The van der Waals surface area contributed by atoms with Crippen molar-refractivity contribution in [3.63, 3.8) is 0 Å². The van der Waals surface area contributed by atoms with Gasteiger partial charge in [-0.15, -0.1) is 0 Å². The van der Waals surface area contributed by atoms with Gasteiger partial charge in [0.05, 0.1) is 24.5 Å². The average Bonchev–Trinajstić information content (AvgIpc) is 2.67. The molecule has 9 heteroatoms. The van der Waals surface area contributed by atoms with Gasteiger partial charge in [-0.2, -0.15) is 0 Å². The Morgan fingerprint density at radius 2 is 1.62 bits per heavy atom. The van der Waals surface area contributed by atoms with E-state index >= 15 is 0 Å². The third kappa shape index (κ3) is 6.66. The number of benzene rings is 2. The molecule has 2 aromatic carbocycles. The van der Waals surface area contributed by atoms with Gasteiger partial charge in [0.2, 0.25) is 10.0 Å². The van der Waals surface area contributed by atoms with Crippen LogP contribution in [0.5, 0.6) is 0 Å². The maximum atomic E-state index is 12.7. The van der Waals surface area contributed by atoms with Crippen LogP contribution in [0.2, 0.25) is 0 Å². The Hall–Kier alpha value is -2.23. The third-order valence-corrected chi connectivity index (χ3v) is 6.20. The quantitative estimate of drug-likeness (QED) is 0.562. The summed E-state index contributed by atoms with van der Waals surface area (Å²) in [5.74, 6) is -0.887. The molecule has 0 aliphatic rings. The van der Waals surface area contributed by atoms with Crippen molar-refractivity contribution < 1.29 is 22.7 Å². The van der Waals surface area contributed by atoms with E-state index in [0.29, 0.717) is 0 Å². The normalized spacial score (nSPS) is 12.4. The largest absolute Gasteiger partial charge is 0.469 e. The molecule has 2 rings (SSSR count). The molecule has 29 heavy (non-hydrogen) atoms. The second-order valence-corrected chi connectivity index (χ2v) is 9.29. The van der Waals surface area contributed by atoms with Gasteiger partial charge in [0.25, 0.3) is 5.91 Å². The lowest BCUT2D eigenvalue weighted by Gasteiger charge is -2.18. The molecule has 0 bridgehead atoms. The second-order valence-electron chi connectivity index (χ2n) is 6.66. The first kappa shape index (κ1) is 23.1. The van der Waals surface area contributed by atoms with Crippen molar-refractivity contribution in [1.29, 1.82) is 0 Å². The van der Waals surface area contributed by atoms with Crippen molar-refractivity contribution in [3.8, 4) is 0 Å². The molecule has 0 radical (unpaired) electrons. The Kier molecular flexibility index (Phi) is 7.95. The minimum atomic E-state index is -3.64. The van der Waals surface area contributed by atoms with E-state index in [9.17, 15) is 18.0 Å². The molecule has 7 nitrogen and oxygen atoms in total. The molecule has 0 fully saturated rings. The highest BCUT2D eigenvalue weighted by Gasteiger charge is 2.21. The van der Waals surface area contributed by atoms with Crippen LogP contribution in [-0.4, -0.2) is 33.4 Å². The monoisotopic (exact) mass is 482 g/mol. The molecule has 0 aromatic heterocycles. The molecule has 1 unspecified atom stereocenters. The molecule has 156 valence electrons. The van der Waals surface area contributed by atoms with Gasteiger partial charge >= 0.3 is 5.97 Å². The fourth-order valence-corrected chi connectivity index (χ4v) is 4.12. The van der Waals surface area contributed by atoms with Crippen LogP contribution in [0.15, 0.2) is 57.9 Å². The van der Waals surface area contributed by atoms with Crippen LogP contribution in [0, 0.1) is 0 Å². The molecule has 2 N–H and O–H groups in total. The van der Waals surface area contributed by atoms with Crippen LogP contribution >= 0.6 is 15.9 Å². The predicted molar refractivity (Wildman–Crippen MR) is 113 cm³/mol. The second kappa shape index (κ2) is 10.00. The standard InChI is InChI=1S/C20H23BrN2O5S/c1-13(2)23-29(26,27)17-10-6-15(7-11-17)20(25)22-18(12-19(24)28-3)14-4-8-16(21)9-5-14/h4-11,13,18,23H,12H2,1-3H3,(H,22,25). The maximum absolute atomic E-state index is 12.7. The number of methoxy groups -OCH3 is 1. The number of amides is 1. The molecular weight excluding hydrogens is 460 g/mol. The number of carbonyl (C=O) groups excluding carboxylic acids is 2. The van der Waals surface area contributed by atoms with E-state index in [-0.39, 0.29) is 22.9 Å². The van der Waals surface area contributed by atoms with Gasteiger partial charge in [0.1, 0.15) is 0 Å². The van der Waals surface area contributed by atoms with E-state index < -0.39 is 27.9 Å². The molecule has 2 aromatic rings. The van der Waals surface area contributed by atoms with Gasteiger partial charge in [-0.3, -0.25) is 9.59 Å². The molecular formula is C20H23BrN2O5S. The topological polar surface area (TPSA) is 102 Å². The molecule has 1 atom stereocenters. The Morgan fingerprint density at radius 1 is 1.03 bits per heavy atom. The van der Waals surface area contributed by atoms with Gasteiger partial charge in [-0.1, -0.05) is 28.1 Å². The van der Waals surface area contributed by atoms with Crippen LogP contribution in [0.25, 0.3) is 0 Å². The minimum absolute atomic E-state index is 0.0331. The molecule has 0 heterocycles. The van der Waals surface area contributed by atoms with E-state index in [1.54, 1.807) is 26.0 Å². The first-order valence-electron chi connectivity index (χ1n) is 8.88. The Bertz CT molecular complexity index is 957. The zero-order valence-electron chi connectivity index (χ0n) is 16.3. The number of hydrogen-bond acceptors (Lipinski definition) is 5. The molecule has 0 saturated carbocycles. The summed E-state index contributed by atoms with van der Waals surface area (Å²) in [5.41, 5.74) is 1.02. The number of halogens is 1. The van der Waals surface area contributed by atoms with Crippen molar-refractivity contribution in [3.05, 3.63) is 64.1 Å². The number of sulfonamides is 1. The summed E-state index contributed by atoms with van der Waals surface area (Å²) in [6, 6.07) is 12.0. The van der Waals surface area contributed by atoms with E-state index in [1.807, 2.05) is 12.1 Å². The Balaban J connectivity index is 2.20. The third-order valence-electron chi connectivity index (χ3n) is 3.99. The maximum Gasteiger partial charge on any atom is 0.307 e. The molecule has 0 aliphatic heterocycles.